The summed E-state index contributed by atoms with van der Waals surface area (Å²) >= 11 is 0. The molecule has 0 saturated carbocycles. The van der Waals surface area contributed by atoms with E-state index in [0.29, 0.717) is 6.42 Å². The minimum absolute atomic E-state index is 0.0418. The second-order valence-corrected chi connectivity index (χ2v) is 4.02. The Bertz CT molecular complexity index is 229. The van der Waals surface area contributed by atoms with Gasteiger partial charge in [-0.1, -0.05) is 27.2 Å². The van der Waals surface area contributed by atoms with Crippen LogP contribution in [-0.4, -0.2) is 23.9 Å². The maximum Gasteiger partial charge on any atom is 0.240 e. The maximum absolute atomic E-state index is 11.5. The standard InChI is InChI=1S/C10H21N3O2/c1-4-5-7(9(12)14)13-10(15)8(11)6(2)3/h6-8H,4-5,11H2,1-3H3,(H2,12,14)(H,13,15). The van der Waals surface area contributed by atoms with Gasteiger partial charge >= 0.3 is 0 Å². The molecule has 0 bridgehead atoms. The fraction of sp³-hybridized carbons (Fsp3) is 0.800. The Labute approximate surface area is 90.6 Å². The second kappa shape index (κ2) is 6.40. The highest BCUT2D eigenvalue weighted by Crippen LogP contribution is 2.01. The molecule has 0 aliphatic carbocycles. The minimum Gasteiger partial charge on any atom is -0.368 e. The molecule has 0 heterocycles. The molecule has 5 nitrogen and oxygen atoms in total. The lowest BCUT2D eigenvalue weighted by Crippen LogP contribution is -2.51. The van der Waals surface area contributed by atoms with Gasteiger partial charge in [-0.15, -0.1) is 0 Å². The third-order valence-corrected chi connectivity index (χ3v) is 2.26. The van der Waals surface area contributed by atoms with Gasteiger partial charge in [0.15, 0.2) is 0 Å². The van der Waals surface area contributed by atoms with E-state index < -0.39 is 18.0 Å². The zero-order valence-electron chi connectivity index (χ0n) is 9.62. The Balaban J connectivity index is 4.28. The first-order chi connectivity index (χ1) is 6.90. The van der Waals surface area contributed by atoms with Gasteiger partial charge < -0.3 is 16.8 Å². The van der Waals surface area contributed by atoms with E-state index in [1.54, 1.807) is 0 Å². The summed E-state index contributed by atoms with van der Waals surface area (Å²) in [6, 6.07) is -1.20. The van der Waals surface area contributed by atoms with E-state index in [9.17, 15) is 9.59 Å². The minimum atomic E-state index is -0.604. The summed E-state index contributed by atoms with van der Waals surface area (Å²) in [5.41, 5.74) is 10.8. The molecule has 0 aromatic heterocycles. The summed E-state index contributed by atoms with van der Waals surface area (Å²) in [5.74, 6) is -0.788. The van der Waals surface area contributed by atoms with Gasteiger partial charge in [0.2, 0.25) is 11.8 Å². The van der Waals surface area contributed by atoms with Gasteiger partial charge in [-0.25, -0.2) is 0 Å². The van der Waals surface area contributed by atoms with Gasteiger partial charge in [0.25, 0.3) is 0 Å². The highest BCUT2D eigenvalue weighted by Gasteiger charge is 2.22. The summed E-state index contributed by atoms with van der Waals surface area (Å²) < 4.78 is 0. The van der Waals surface area contributed by atoms with Crippen LogP contribution < -0.4 is 16.8 Å². The Kier molecular flexibility index (Phi) is 5.93. The van der Waals surface area contributed by atoms with Crippen molar-refractivity contribution < 1.29 is 9.59 Å². The molecule has 0 rings (SSSR count). The molecule has 5 N–H and O–H groups in total. The van der Waals surface area contributed by atoms with E-state index in [4.69, 9.17) is 11.5 Å². The molecule has 0 radical (unpaired) electrons. The normalized spacial score (nSPS) is 14.7. The molecule has 0 spiro atoms. The Morgan fingerprint density at radius 1 is 1.33 bits per heavy atom. The number of carbonyl (C=O) groups is 2. The third-order valence-electron chi connectivity index (χ3n) is 2.26. The average Bonchev–Trinajstić information content (AvgIpc) is 2.15. The van der Waals surface area contributed by atoms with Crippen molar-refractivity contribution in [2.24, 2.45) is 17.4 Å². The number of carbonyl (C=O) groups excluding carboxylic acids is 2. The third kappa shape index (κ3) is 4.78. The Morgan fingerprint density at radius 2 is 1.87 bits per heavy atom. The van der Waals surface area contributed by atoms with Gasteiger partial charge in [-0.3, -0.25) is 9.59 Å². The number of nitrogens with one attached hydrogen (secondary N) is 1. The van der Waals surface area contributed by atoms with E-state index in [-0.39, 0.29) is 11.8 Å². The number of amides is 2. The molecular weight excluding hydrogens is 194 g/mol. The Hall–Kier alpha value is -1.10. The van der Waals surface area contributed by atoms with Crippen LogP contribution in [0.15, 0.2) is 0 Å². The number of primary amides is 1. The van der Waals surface area contributed by atoms with Gasteiger partial charge in [-0.05, 0) is 12.3 Å². The summed E-state index contributed by atoms with van der Waals surface area (Å²) in [4.78, 5) is 22.5. The van der Waals surface area contributed by atoms with Crippen LogP contribution in [0, 0.1) is 5.92 Å². The fourth-order valence-corrected chi connectivity index (χ4v) is 1.14. The monoisotopic (exact) mass is 215 g/mol. The maximum atomic E-state index is 11.5. The van der Waals surface area contributed by atoms with Crippen LogP contribution in [0.25, 0.3) is 0 Å². The van der Waals surface area contributed by atoms with E-state index in [1.807, 2.05) is 20.8 Å². The molecule has 2 unspecified atom stereocenters. The predicted octanol–water partition coefficient (Wildman–Crippen LogP) is -0.260. The molecule has 2 atom stereocenters. The van der Waals surface area contributed by atoms with Gasteiger partial charge in [0.05, 0.1) is 6.04 Å². The number of nitrogens with two attached hydrogens (primary N) is 2. The zero-order valence-corrected chi connectivity index (χ0v) is 9.62. The summed E-state index contributed by atoms with van der Waals surface area (Å²) in [7, 11) is 0. The van der Waals surface area contributed by atoms with Crippen LogP contribution >= 0.6 is 0 Å². The smallest absolute Gasteiger partial charge is 0.240 e. The molecular formula is C10H21N3O2. The molecule has 5 heteroatoms. The zero-order chi connectivity index (χ0) is 12.0. The SMILES string of the molecule is CCCC(NC(=O)C(N)C(C)C)C(N)=O. The largest absolute Gasteiger partial charge is 0.368 e. The predicted molar refractivity (Wildman–Crippen MR) is 58.8 cm³/mol. The van der Waals surface area contributed by atoms with E-state index >= 15 is 0 Å². The van der Waals surface area contributed by atoms with Crippen molar-refractivity contribution in [3.8, 4) is 0 Å². The van der Waals surface area contributed by atoms with Crippen LogP contribution in [0.3, 0.4) is 0 Å². The lowest BCUT2D eigenvalue weighted by atomic mass is 10.0. The molecule has 0 aliphatic rings. The van der Waals surface area contributed by atoms with Crippen molar-refractivity contribution in [1.82, 2.24) is 5.32 Å². The molecule has 0 saturated heterocycles. The molecule has 0 aromatic carbocycles. The molecule has 0 aromatic rings. The van der Waals surface area contributed by atoms with Crippen LogP contribution in [0.2, 0.25) is 0 Å². The van der Waals surface area contributed by atoms with Crippen molar-refractivity contribution in [3.63, 3.8) is 0 Å². The summed E-state index contributed by atoms with van der Waals surface area (Å²) in [5, 5.41) is 2.56. The van der Waals surface area contributed by atoms with Gasteiger partial charge in [0.1, 0.15) is 6.04 Å². The average molecular weight is 215 g/mol. The van der Waals surface area contributed by atoms with Gasteiger partial charge in [0, 0.05) is 0 Å². The van der Waals surface area contributed by atoms with Crippen molar-refractivity contribution >= 4 is 11.8 Å². The lowest BCUT2D eigenvalue weighted by Gasteiger charge is -2.19. The van der Waals surface area contributed by atoms with Crippen molar-refractivity contribution in [1.29, 1.82) is 0 Å². The number of hydrogen-bond donors (Lipinski definition) is 3. The molecule has 2 amide bonds. The first kappa shape index (κ1) is 13.9. The second-order valence-electron chi connectivity index (χ2n) is 4.02. The molecule has 15 heavy (non-hydrogen) atoms. The highest BCUT2D eigenvalue weighted by molar-refractivity contribution is 5.88. The number of rotatable bonds is 6. The van der Waals surface area contributed by atoms with E-state index in [1.165, 1.54) is 0 Å². The van der Waals surface area contributed by atoms with Crippen LogP contribution in [0.1, 0.15) is 33.6 Å². The molecule has 0 aliphatic heterocycles. The molecule has 0 fully saturated rings. The van der Waals surface area contributed by atoms with Crippen molar-refractivity contribution in [2.45, 2.75) is 45.7 Å². The number of hydrogen-bond acceptors (Lipinski definition) is 3. The lowest BCUT2D eigenvalue weighted by molar-refractivity contribution is -0.128. The summed E-state index contributed by atoms with van der Waals surface area (Å²) in [6.45, 7) is 5.62. The van der Waals surface area contributed by atoms with E-state index in [0.717, 1.165) is 6.42 Å². The van der Waals surface area contributed by atoms with Crippen LogP contribution in [0.5, 0.6) is 0 Å². The Morgan fingerprint density at radius 3 is 2.20 bits per heavy atom. The van der Waals surface area contributed by atoms with Crippen LogP contribution in [-0.2, 0) is 9.59 Å². The molecule has 88 valence electrons. The highest BCUT2D eigenvalue weighted by atomic mass is 16.2. The fourth-order valence-electron chi connectivity index (χ4n) is 1.14. The first-order valence-electron chi connectivity index (χ1n) is 5.25. The topological polar surface area (TPSA) is 98.2 Å². The van der Waals surface area contributed by atoms with Crippen molar-refractivity contribution in [3.05, 3.63) is 0 Å². The first-order valence-corrected chi connectivity index (χ1v) is 5.25. The van der Waals surface area contributed by atoms with Gasteiger partial charge in [-0.2, -0.15) is 0 Å². The van der Waals surface area contributed by atoms with E-state index in [2.05, 4.69) is 5.32 Å². The van der Waals surface area contributed by atoms with Crippen LogP contribution in [0.4, 0.5) is 0 Å². The quantitative estimate of drug-likeness (QED) is 0.569. The van der Waals surface area contributed by atoms with Crippen molar-refractivity contribution in [2.75, 3.05) is 0 Å². The summed E-state index contributed by atoms with van der Waals surface area (Å²) in [6.07, 6.45) is 1.33.